The summed E-state index contributed by atoms with van der Waals surface area (Å²) in [7, 11) is -3.81. The molecule has 2 rings (SSSR count). The molecule has 0 aliphatic carbocycles. The minimum absolute atomic E-state index is 0.108. The molecule has 10 heteroatoms. The molecule has 150 valence electrons. The summed E-state index contributed by atoms with van der Waals surface area (Å²) in [6, 6.07) is 7.79. The maximum absolute atomic E-state index is 12.6. The van der Waals surface area contributed by atoms with Crippen LogP contribution in [0, 0.1) is 17.0 Å². The largest absolute Gasteiger partial charge is 0.506 e. The van der Waals surface area contributed by atoms with Crippen LogP contribution in [0.25, 0.3) is 0 Å². The SMILES string of the molecule is CCN(CC)S(=O)(=O)c1ccc(O)c(NC(=O)c2cccc(C)c2[N+](=O)[O-])c1. The maximum atomic E-state index is 12.6. The number of phenolic OH excluding ortho intramolecular Hbond substituents is 1. The first-order valence-corrected chi connectivity index (χ1v) is 9.96. The molecule has 2 aromatic carbocycles. The Labute approximate surface area is 162 Å². The summed E-state index contributed by atoms with van der Waals surface area (Å²) in [5, 5.41) is 23.7. The number of nitrogens with one attached hydrogen (secondary N) is 1. The van der Waals surface area contributed by atoms with Gasteiger partial charge in [-0.05, 0) is 31.2 Å². The normalized spacial score (nSPS) is 11.4. The number of benzene rings is 2. The van der Waals surface area contributed by atoms with E-state index in [4.69, 9.17) is 0 Å². The highest BCUT2D eigenvalue weighted by Crippen LogP contribution is 2.30. The fraction of sp³-hybridized carbons (Fsp3) is 0.278. The van der Waals surface area contributed by atoms with E-state index in [1.807, 2.05) is 0 Å². The van der Waals surface area contributed by atoms with Crippen LogP contribution in [0.4, 0.5) is 11.4 Å². The molecule has 0 heterocycles. The minimum atomic E-state index is -3.81. The lowest BCUT2D eigenvalue weighted by atomic mass is 10.1. The first kappa shape index (κ1) is 21.3. The standard InChI is InChI=1S/C18H21N3O6S/c1-4-20(5-2)28(26,27)13-9-10-16(22)15(11-13)19-18(23)14-8-6-7-12(3)17(14)21(24)25/h6-11,22H,4-5H2,1-3H3,(H,19,23). The molecule has 0 unspecified atom stereocenters. The van der Waals surface area contributed by atoms with Crippen LogP contribution in [-0.2, 0) is 10.0 Å². The van der Waals surface area contributed by atoms with Gasteiger partial charge in [-0.15, -0.1) is 0 Å². The Kier molecular flexibility index (Phi) is 6.37. The Bertz CT molecular complexity index is 1020. The van der Waals surface area contributed by atoms with Gasteiger partial charge in [-0.2, -0.15) is 4.31 Å². The highest BCUT2D eigenvalue weighted by atomic mass is 32.2. The minimum Gasteiger partial charge on any atom is -0.506 e. The smallest absolute Gasteiger partial charge is 0.285 e. The number of rotatable bonds is 7. The average molecular weight is 407 g/mol. The van der Waals surface area contributed by atoms with Crippen LogP contribution in [0.3, 0.4) is 0 Å². The monoisotopic (exact) mass is 407 g/mol. The molecule has 2 N–H and O–H groups in total. The van der Waals surface area contributed by atoms with Crippen molar-refractivity contribution in [3.63, 3.8) is 0 Å². The van der Waals surface area contributed by atoms with E-state index in [-0.39, 0.29) is 40.7 Å². The van der Waals surface area contributed by atoms with Crippen LogP contribution in [0.1, 0.15) is 29.8 Å². The van der Waals surface area contributed by atoms with E-state index < -0.39 is 20.9 Å². The van der Waals surface area contributed by atoms with Crippen molar-refractivity contribution in [1.29, 1.82) is 0 Å². The maximum Gasteiger partial charge on any atom is 0.285 e. The van der Waals surface area contributed by atoms with Crippen LogP contribution in [0.5, 0.6) is 5.75 Å². The number of nitro groups is 1. The molecular weight excluding hydrogens is 386 g/mol. The number of aromatic hydroxyl groups is 1. The van der Waals surface area contributed by atoms with Gasteiger partial charge in [-0.3, -0.25) is 14.9 Å². The number of phenols is 1. The Morgan fingerprint density at radius 1 is 1.21 bits per heavy atom. The highest BCUT2D eigenvalue weighted by molar-refractivity contribution is 7.89. The third-order valence-electron chi connectivity index (χ3n) is 4.22. The number of para-hydroxylation sites is 1. The van der Waals surface area contributed by atoms with Crippen molar-refractivity contribution in [2.24, 2.45) is 0 Å². The summed E-state index contributed by atoms with van der Waals surface area (Å²) in [5.41, 5.74) is -0.401. The quantitative estimate of drug-likeness (QED) is 0.412. The number of carbonyl (C=O) groups is 1. The van der Waals surface area contributed by atoms with Crippen LogP contribution in [-0.4, -0.2) is 41.7 Å². The molecule has 0 aliphatic heterocycles. The molecule has 0 saturated carbocycles. The zero-order chi connectivity index (χ0) is 21.1. The number of aryl methyl sites for hydroxylation is 1. The summed E-state index contributed by atoms with van der Waals surface area (Å²) in [6.07, 6.45) is 0. The zero-order valence-electron chi connectivity index (χ0n) is 15.7. The van der Waals surface area contributed by atoms with E-state index in [1.54, 1.807) is 13.8 Å². The molecule has 0 fully saturated rings. The third kappa shape index (κ3) is 4.12. The topological polar surface area (TPSA) is 130 Å². The second-order valence-electron chi connectivity index (χ2n) is 5.95. The third-order valence-corrected chi connectivity index (χ3v) is 6.27. The molecule has 0 aromatic heterocycles. The van der Waals surface area contributed by atoms with Gasteiger partial charge >= 0.3 is 0 Å². The Morgan fingerprint density at radius 3 is 2.43 bits per heavy atom. The van der Waals surface area contributed by atoms with Crippen molar-refractivity contribution in [2.45, 2.75) is 25.7 Å². The number of carbonyl (C=O) groups excluding carboxylic acids is 1. The van der Waals surface area contributed by atoms with E-state index >= 15 is 0 Å². The Hall–Kier alpha value is -2.98. The van der Waals surface area contributed by atoms with E-state index in [1.165, 1.54) is 35.5 Å². The van der Waals surface area contributed by atoms with Crippen LogP contribution in [0.15, 0.2) is 41.3 Å². The van der Waals surface area contributed by atoms with Gasteiger partial charge in [0.25, 0.3) is 11.6 Å². The zero-order valence-corrected chi connectivity index (χ0v) is 16.5. The summed E-state index contributed by atoms with van der Waals surface area (Å²) >= 11 is 0. The second-order valence-corrected chi connectivity index (χ2v) is 7.89. The molecule has 0 atom stereocenters. The lowest BCUT2D eigenvalue weighted by Gasteiger charge is -2.19. The van der Waals surface area contributed by atoms with Gasteiger partial charge in [-0.25, -0.2) is 8.42 Å². The van der Waals surface area contributed by atoms with Gasteiger partial charge in [0.05, 0.1) is 15.5 Å². The summed E-state index contributed by atoms with van der Waals surface area (Å²) < 4.78 is 26.5. The number of sulfonamides is 1. The van der Waals surface area contributed by atoms with Crippen molar-refractivity contribution in [3.8, 4) is 5.75 Å². The first-order chi connectivity index (χ1) is 13.1. The van der Waals surface area contributed by atoms with Crippen molar-refractivity contribution < 1.29 is 23.2 Å². The number of hydrogen-bond acceptors (Lipinski definition) is 6. The van der Waals surface area contributed by atoms with Gasteiger partial charge in [0, 0.05) is 18.7 Å². The van der Waals surface area contributed by atoms with Gasteiger partial charge in [0.1, 0.15) is 11.3 Å². The molecule has 0 bridgehead atoms. The van der Waals surface area contributed by atoms with Crippen molar-refractivity contribution in [1.82, 2.24) is 4.31 Å². The first-order valence-electron chi connectivity index (χ1n) is 8.52. The number of nitro benzene ring substituents is 1. The molecule has 0 saturated heterocycles. The van der Waals surface area contributed by atoms with E-state index in [0.717, 1.165) is 12.1 Å². The van der Waals surface area contributed by atoms with E-state index in [0.29, 0.717) is 5.56 Å². The van der Waals surface area contributed by atoms with Crippen LogP contribution < -0.4 is 5.32 Å². The molecule has 1 amide bonds. The van der Waals surface area contributed by atoms with Gasteiger partial charge < -0.3 is 10.4 Å². The van der Waals surface area contributed by atoms with E-state index in [2.05, 4.69) is 5.32 Å². The highest BCUT2D eigenvalue weighted by Gasteiger charge is 2.25. The lowest BCUT2D eigenvalue weighted by Crippen LogP contribution is -2.30. The van der Waals surface area contributed by atoms with Gasteiger partial charge in [0.15, 0.2) is 0 Å². The number of amides is 1. The molecule has 28 heavy (non-hydrogen) atoms. The van der Waals surface area contributed by atoms with Crippen molar-refractivity contribution in [3.05, 3.63) is 57.6 Å². The Morgan fingerprint density at radius 2 is 1.86 bits per heavy atom. The average Bonchev–Trinajstić information content (AvgIpc) is 2.63. The van der Waals surface area contributed by atoms with Gasteiger partial charge in [-0.1, -0.05) is 26.0 Å². The fourth-order valence-electron chi connectivity index (χ4n) is 2.76. The van der Waals surface area contributed by atoms with Crippen molar-refractivity contribution >= 4 is 27.3 Å². The number of anilines is 1. The predicted octanol–water partition coefficient (Wildman–Crippen LogP) is 2.89. The Balaban J connectivity index is 2.45. The summed E-state index contributed by atoms with van der Waals surface area (Å²) in [5.74, 6) is -1.19. The lowest BCUT2D eigenvalue weighted by molar-refractivity contribution is -0.385. The van der Waals surface area contributed by atoms with Crippen molar-refractivity contribution in [2.75, 3.05) is 18.4 Å². The summed E-state index contributed by atoms with van der Waals surface area (Å²) in [4.78, 5) is 23.1. The fourth-order valence-corrected chi connectivity index (χ4v) is 4.25. The van der Waals surface area contributed by atoms with Gasteiger partial charge in [0.2, 0.25) is 10.0 Å². The number of hydrogen-bond donors (Lipinski definition) is 2. The number of nitrogens with zero attached hydrogens (tertiary/aromatic N) is 2. The summed E-state index contributed by atoms with van der Waals surface area (Å²) in [6.45, 7) is 5.42. The van der Waals surface area contributed by atoms with Crippen LogP contribution >= 0.6 is 0 Å². The molecule has 0 radical (unpaired) electrons. The van der Waals surface area contributed by atoms with E-state index in [9.17, 15) is 28.4 Å². The predicted molar refractivity (Wildman–Crippen MR) is 104 cm³/mol. The van der Waals surface area contributed by atoms with Crippen LogP contribution in [0.2, 0.25) is 0 Å². The molecule has 0 aliphatic rings. The molecule has 2 aromatic rings. The molecule has 0 spiro atoms. The second kappa shape index (κ2) is 8.36. The molecular formula is C18H21N3O6S. The molecule has 9 nitrogen and oxygen atoms in total.